The van der Waals surface area contributed by atoms with Crippen molar-refractivity contribution in [2.75, 3.05) is 36.9 Å². The van der Waals surface area contributed by atoms with Gasteiger partial charge in [0.1, 0.15) is 19.0 Å². The molecule has 3 aromatic heterocycles. The number of aromatic nitrogens is 3. The van der Waals surface area contributed by atoms with E-state index in [0.717, 1.165) is 49.3 Å². The van der Waals surface area contributed by atoms with E-state index in [1.807, 2.05) is 54.6 Å². The number of pyridine rings is 2. The highest BCUT2D eigenvalue weighted by atomic mass is 32.1. The molecule has 0 spiro atoms. The Morgan fingerprint density at radius 2 is 0.909 bits per heavy atom. The Bertz CT molecular complexity index is 1850. The quantitative estimate of drug-likeness (QED) is 0.172. The van der Waals surface area contributed by atoms with Crippen molar-refractivity contribution < 1.29 is 9.47 Å². The molecule has 0 unspecified atom stereocenters. The lowest BCUT2D eigenvalue weighted by Gasteiger charge is -2.20. The van der Waals surface area contributed by atoms with E-state index in [1.165, 1.54) is 32.7 Å². The first-order valence-corrected chi connectivity index (χ1v) is 22.9. The van der Waals surface area contributed by atoms with Gasteiger partial charge >= 0.3 is 0 Å². The Hall–Kier alpha value is -5.21. The average Bonchev–Trinajstić information content (AvgIpc) is 3.84. The monoisotopic (exact) mass is 924 g/mol. The van der Waals surface area contributed by atoms with Crippen LogP contribution in [0.15, 0.2) is 127 Å². The maximum Gasteiger partial charge on any atom is 0.168 e. The fourth-order valence-electron chi connectivity index (χ4n) is 5.79. The second kappa shape index (κ2) is 36.0. The van der Waals surface area contributed by atoms with Crippen molar-refractivity contribution in [2.45, 2.75) is 156 Å². The summed E-state index contributed by atoms with van der Waals surface area (Å²) in [5.74, 6) is 6.40. The molecule has 0 bridgehead atoms. The lowest BCUT2D eigenvalue weighted by atomic mass is 10.0. The van der Waals surface area contributed by atoms with Crippen LogP contribution in [0.2, 0.25) is 0 Å². The van der Waals surface area contributed by atoms with Crippen LogP contribution in [0.5, 0.6) is 11.5 Å². The third-order valence-electron chi connectivity index (χ3n) is 9.87. The van der Waals surface area contributed by atoms with E-state index in [1.54, 1.807) is 11.3 Å². The van der Waals surface area contributed by atoms with Crippen LogP contribution in [-0.4, -0.2) is 41.3 Å². The topological polar surface area (TPSA) is 81.2 Å². The number of anilines is 2. The van der Waals surface area contributed by atoms with Crippen LogP contribution < -0.4 is 20.1 Å². The maximum absolute atomic E-state index is 5.55. The summed E-state index contributed by atoms with van der Waals surface area (Å²) in [5.41, 5.74) is 9.73. The highest BCUT2D eigenvalue weighted by molar-refractivity contribution is 7.09. The van der Waals surface area contributed by atoms with E-state index in [0.29, 0.717) is 35.5 Å². The molecular formula is C58H93N5O2S. The second-order valence-corrected chi connectivity index (χ2v) is 17.8. The van der Waals surface area contributed by atoms with Crippen molar-refractivity contribution in [2.24, 2.45) is 0 Å². The first-order chi connectivity index (χ1) is 29.3. The van der Waals surface area contributed by atoms with E-state index >= 15 is 0 Å². The Labute approximate surface area is 409 Å². The fraction of sp³-hybridized carbons (Fsp3) is 0.466. The van der Waals surface area contributed by atoms with Crippen LogP contribution in [0.25, 0.3) is 0 Å². The molecule has 0 atom stereocenters. The van der Waals surface area contributed by atoms with Gasteiger partial charge in [0.15, 0.2) is 11.6 Å². The summed E-state index contributed by atoms with van der Waals surface area (Å²) in [6.45, 7) is 29.5. The highest BCUT2D eigenvalue weighted by Crippen LogP contribution is 2.31. The number of ether oxygens (including phenoxy) is 2. The van der Waals surface area contributed by atoms with Crippen molar-refractivity contribution >= 4 is 22.8 Å². The molecule has 2 aliphatic rings. The number of fused-ring (bicyclic) bond motifs is 2. The molecule has 2 aliphatic heterocycles. The first kappa shape index (κ1) is 65.1. The lowest BCUT2D eigenvalue weighted by Crippen LogP contribution is -2.19. The molecule has 6 aromatic rings. The number of hydrogen-bond donors (Lipinski definition) is 2. The van der Waals surface area contributed by atoms with Gasteiger partial charge < -0.3 is 20.1 Å². The molecule has 0 saturated heterocycles. The number of nitrogens with zero attached hydrogens (tertiary/aromatic N) is 3. The maximum atomic E-state index is 5.55. The van der Waals surface area contributed by atoms with E-state index in [9.17, 15) is 0 Å². The smallest absolute Gasteiger partial charge is 0.168 e. The van der Waals surface area contributed by atoms with Crippen LogP contribution in [-0.2, 0) is 0 Å². The van der Waals surface area contributed by atoms with Gasteiger partial charge in [0.2, 0.25) is 0 Å². The molecule has 3 aromatic carbocycles. The van der Waals surface area contributed by atoms with Gasteiger partial charge in [-0.1, -0.05) is 187 Å². The predicted molar refractivity (Wildman–Crippen MR) is 296 cm³/mol. The summed E-state index contributed by atoms with van der Waals surface area (Å²) in [6, 6.07) is 33.6. The third kappa shape index (κ3) is 24.4. The molecule has 0 aliphatic carbocycles. The third-order valence-corrected chi connectivity index (χ3v) is 10.9. The van der Waals surface area contributed by atoms with Crippen LogP contribution in [0.3, 0.4) is 0 Å². The normalized spacial score (nSPS) is 11.2. The Morgan fingerprint density at radius 3 is 1.32 bits per heavy atom. The summed E-state index contributed by atoms with van der Waals surface area (Å²) in [6.07, 6.45) is 7.49. The zero-order chi connectivity index (χ0) is 44.6. The van der Waals surface area contributed by atoms with Crippen molar-refractivity contribution in [3.63, 3.8) is 0 Å². The van der Waals surface area contributed by atoms with Gasteiger partial charge in [-0.3, -0.25) is 9.97 Å². The number of hydrogen-bond acceptors (Lipinski definition) is 8. The van der Waals surface area contributed by atoms with Gasteiger partial charge in [-0.15, -0.1) is 11.3 Å². The van der Waals surface area contributed by atoms with Crippen LogP contribution in [0.1, 0.15) is 188 Å². The van der Waals surface area contributed by atoms with E-state index in [2.05, 4.69) is 181 Å². The standard InChI is InChI=1S/C11H15NO.C10H14N2O.2C9H12.C8H11N.C6H9NS.5CH4/c1-8(2)9-3-4-10-11(7-9)13-6-5-12-10;1-7(2)8-5-9-10(12-6-8)11-3-4-13-9;2*1-8(2)9-6-4-3-5-7-9;1-7(2)8-3-5-9-6-4-8;1-5(2)6-3-7-4-8-6;;;;;/h3-4,7-8,12H,5-6H2,1-2H3;5-7H,3-4H2,1-2H3,(H,11,12);2*3-8H,1-2H3;3-7H,1-2H3;3-5H,1-2H3;5*1H4. The lowest BCUT2D eigenvalue weighted by molar-refractivity contribution is 0.321. The highest BCUT2D eigenvalue weighted by Gasteiger charge is 2.13. The molecule has 5 heterocycles. The minimum absolute atomic E-state index is 0. The summed E-state index contributed by atoms with van der Waals surface area (Å²) in [4.78, 5) is 13.6. The predicted octanol–water partition coefficient (Wildman–Crippen LogP) is 17.9. The molecule has 0 fully saturated rings. The van der Waals surface area contributed by atoms with Crippen molar-refractivity contribution in [1.29, 1.82) is 0 Å². The summed E-state index contributed by atoms with van der Waals surface area (Å²) in [7, 11) is 0. The number of benzene rings is 3. The summed E-state index contributed by atoms with van der Waals surface area (Å²) < 4.78 is 11.0. The van der Waals surface area contributed by atoms with E-state index < -0.39 is 0 Å². The van der Waals surface area contributed by atoms with E-state index in [4.69, 9.17) is 9.47 Å². The molecular weight excluding hydrogens is 831 g/mol. The van der Waals surface area contributed by atoms with Gasteiger partial charge in [0, 0.05) is 36.2 Å². The number of thiazole rings is 1. The molecule has 368 valence electrons. The fourth-order valence-corrected chi connectivity index (χ4v) is 6.43. The molecule has 0 amide bonds. The van der Waals surface area contributed by atoms with Crippen molar-refractivity contribution in [3.05, 3.63) is 160 Å². The zero-order valence-corrected chi connectivity index (χ0v) is 39.8. The first-order valence-electron chi connectivity index (χ1n) is 22.0. The second-order valence-electron chi connectivity index (χ2n) is 16.9. The molecule has 0 radical (unpaired) electrons. The summed E-state index contributed by atoms with van der Waals surface area (Å²) >= 11 is 1.72. The largest absolute Gasteiger partial charge is 0.490 e. The molecule has 66 heavy (non-hydrogen) atoms. The molecule has 8 rings (SSSR count). The minimum Gasteiger partial charge on any atom is -0.490 e. The van der Waals surface area contributed by atoms with Gasteiger partial charge in [0.25, 0.3) is 0 Å². The Morgan fingerprint density at radius 1 is 0.455 bits per heavy atom. The van der Waals surface area contributed by atoms with Gasteiger partial charge in [-0.2, -0.15) is 0 Å². The molecule has 7 nitrogen and oxygen atoms in total. The minimum atomic E-state index is 0. The Kier molecular flexibility index (Phi) is 35.5. The molecule has 2 N–H and O–H groups in total. The average molecular weight is 924 g/mol. The van der Waals surface area contributed by atoms with Crippen molar-refractivity contribution in [1.82, 2.24) is 15.0 Å². The van der Waals surface area contributed by atoms with Crippen LogP contribution >= 0.6 is 11.3 Å². The zero-order valence-electron chi connectivity index (χ0n) is 39.0. The Balaban J connectivity index is -0.000000718. The van der Waals surface area contributed by atoms with Gasteiger partial charge in [-0.05, 0) is 93.7 Å². The van der Waals surface area contributed by atoms with Crippen LogP contribution in [0, 0.1) is 0 Å². The number of rotatable bonds is 6. The number of nitrogens with one attached hydrogen (secondary N) is 2. The summed E-state index contributed by atoms with van der Waals surface area (Å²) in [5, 5.41) is 6.50. The van der Waals surface area contributed by atoms with Crippen LogP contribution in [0.4, 0.5) is 11.5 Å². The molecule has 8 heteroatoms. The molecule has 0 saturated carbocycles. The van der Waals surface area contributed by atoms with Crippen molar-refractivity contribution in [3.8, 4) is 11.5 Å². The van der Waals surface area contributed by atoms with Gasteiger partial charge in [0.05, 0.1) is 17.7 Å². The van der Waals surface area contributed by atoms with Gasteiger partial charge in [-0.25, -0.2) is 4.98 Å². The SMILES string of the molecule is C.C.C.C.C.CC(C)c1ccc2c(c1)OCCN2.CC(C)c1ccccc1.CC(C)c1ccccc1.CC(C)c1ccncc1.CC(C)c1cnc2c(c1)OCCN2.CC(C)c1cncs1. The van der Waals surface area contributed by atoms with E-state index in [-0.39, 0.29) is 37.1 Å².